The van der Waals surface area contributed by atoms with Crippen LogP contribution >= 0.6 is 0 Å². The molecule has 0 aliphatic carbocycles. The molecule has 0 spiro atoms. The smallest absolute Gasteiger partial charge is 0.236 e. The van der Waals surface area contributed by atoms with Gasteiger partial charge in [-0.2, -0.15) is 0 Å². The van der Waals surface area contributed by atoms with Crippen molar-refractivity contribution >= 4 is 5.91 Å². The number of rotatable bonds is 5. The normalized spacial score (nSPS) is 13.9. The first-order valence-electron chi connectivity index (χ1n) is 5.43. The van der Waals surface area contributed by atoms with Gasteiger partial charge in [0.1, 0.15) is 18.2 Å². The second-order valence-corrected chi connectivity index (χ2v) is 3.97. The van der Waals surface area contributed by atoms with Gasteiger partial charge in [-0.25, -0.2) is 4.39 Å². The molecule has 0 bridgehead atoms. The summed E-state index contributed by atoms with van der Waals surface area (Å²) in [5, 5.41) is 2.68. The van der Waals surface area contributed by atoms with Crippen LogP contribution in [0.1, 0.15) is 13.8 Å². The zero-order valence-electron chi connectivity index (χ0n) is 9.94. The van der Waals surface area contributed by atoms with Crippen molar-refractivity contribution in [3.63, 3.8) is 0 Å². The maximum atomic E-state index is 12.8. The van der Waals surface area contributed by atoms with E-state index in [0.29, 0.717) is 5.75 Å². The van der Waals surface area contributed by atoms with E-state index in [1.54, 1.807) is 26.0 Å². The van der Waals surface area contributed by atoms with Crippen LogP contribution in [0, 0.1) is 5.82 Å². The molecule has 0 aliphatic rings. The molecule has 1 aromatic carbocycles. The van der Waals surface area contributed by atoms with Crippen molar-refractivity contribution in [1.82, 2.24) is 5.32 Å². The predicted molar refractivity (Wildman–Crippen MR) is 63.1 cm³/mol. The average Bonchev–Trinajstić information content (AvgIpc) is 2.26. The molecule has 0 saturated carbocycles. The Labute approximate surface area is 100.0 Å². The van der Waals surface area contributed by atoms with Crippen molar-refractivity contribution in [1.29, 1.82) is 0 Å². The maximum Gasteiger partial charge on any atom is 0.236 e. The average molecular weight is 240 g/mol. The number of nitrogens with one attached hydrogen (secondary N) is 1. The fourth-order valence-electron chi connectivity index (χ4n) is 1.19. The summed E-state index contributed by atoms with van der Waals surface area (Å²) in [5.74, 6) is -0.151. The summed E-state index contributed by atoms with van der Waals surface area (Å²) in [6.07, 6.45) is 0. The van der Waals surface area contributed by atoms with Crippen LogP contribution in [0.3, 0.4) is 0 Å². The van der Waals surface area contributed by atoms with Crippen molar-refractivity contribution < 1.29 is 13.9 Å². The lowest BCUT2D eigenvalue weighted by atomic mass is 10.3. The van der Waals surface area contributed by atoms with Gasteiger partial charge in [-0.15, -0.1) is 0 Å². The second kappa shape index (κ2) is 6.20. The predicted octanol–water partition coefficient (Wildman–Crippen LogP) is 1.06. The highest BCUT2D eigenvalue weighted by Crippen LogP contribution is 2.11. The Morgan fingerprint density at radius 3 is 2.82 bits per heavy atom. The summed E-state index contributed by atoms with van der Waals surface area (Å²) in [7, 11) is 0. The number of amides is 1. The van der Waals surface area contributed by atoms with Gasteiger partial charge in [0.2, 0.25) is 5.91 Å². The molecule has 1 unspecified atom stereocenters. The quantitative estimate of drug-likeness (QED) is 0.808. The fourth-order valence-corrected chi connectivity index (χ4v) is 1.19. The van der Waals surface area contributed by atoms with Crippen molar-refractivity contribution in [2.75, 3.05) is 6.61 Å². The lowest BCUT2D eigenvalue weighted by Crippen LogP contribution is -2.44. The molecule has 0 fully saturated rings. The number of hydrogen-bond acceptors (Lipinski definition) is 3. The highest BCUT2D eigenvalue weighted by atomic mass is 19.1. The lowest BCUT2D eigenvalue weighted by Gasteiger charge is -2.16. The van der Waals surface area contributed by atoms with E-state index in [4.69, 9.17) is 10.5 Å². The van der Waals surface area contributed by atoms with Gasteiger partial charge < -0.3 is 15.8 Å². The van der Waals surface area contributed by atoms with Crippen LogP contribution in [0.4, 0.5) is 4.39 Å². The first-order valence-corrected chi connectivity index (χ1v) is 5.43. The molecule has 94 valence electrons. The van der Waals surface area contributed by atoms with E-state index in [-0.39, 0.29) is 24.4 Å². The van der Waals surface area contributed by atoms with Crippen LogP contribution < -0.4 is 15.8 Å². The van der Waals surface area contributed by atoms with E-state index in [0.717, 1.165) is 0 Å². The topological polar surface area (TPSA) is 64.3 Å². The number of carbonyl (C=O) groups excluding carboxylic acids is 1. The Kier molecular flexibility index (Phi) is 4.90. The molecular formula is C12H17FN2O2. The summed E-state index contributed by atoms with van der Waals surface area (Å²) in [4.78, 5) is 11.3. The van der Waals surface area contributed by atoms with Gasteiger partial charge in [-0.1, -0.05) is 6.07 Å². The minimum atomic E-state index is -0.549. The van der Waals surface area contributed by atoms with Crippen LogP contribution in [0.15, 0.2) is 24.3 Å². The zero-order valence-corrected chi connectivity index (χ0v) is 9.94. The van der Waals surface area contributed by atoms with E-state index >= 15 is 0 Å². The summed E-state index contributed by atoms with van der Waals surface area (Å²) >= 11 is 0. The molecule has 2 atom stereocenters. The standard InChI is InChI=1S/C12H17FN2O2/c1-8(15-12(16)9(2)14)7-17-11-5-3-4-10(13)6-11/h3-6,8-9H,7,14H2,1-2H3,(H,15,16)/t8?,9-/m1/s1. The van der Waals surface area contributed by atoms with Crippen LogP contribution in [-0.2, 0) is 4.79 Å². The van der Waals surface area contributed by atoms with E-state index in [2.05, 4.69) is 5.32 Å². The number of hydrogen-bond donors (Lipinski definition) is 2. The lowest BCUT2D eigenvalue weighted by molar-refractivity contribution is -0.122. The van der Waals surface area contributed by atoms with E-state index in [1.807, 2.05) is 0 Å². The van der Waals surface area contributed by atoms with Crippen molar-refractivity contribution in [3.8, 4) is 5.75 Å². The maximum absolute atomic E-state index is 12.8. The Hall–Kier alpha value is -1.62. The third-order valence-electron chi connectivity index (χ3n) is 2.10. The van der Waals surface area contributed by atoms with Crippen molar-refractivity contribution in [2.24, 2.45) is 5.73 Å². The van der Waals surface area contributed by atoms with Gasteiger partial charge >= 0.3 is 0 Å². The molecule has 0 saturated heterocycles. The number of nitrogens with two attached hydrogens (primary N) is 1. The highest BCUT2D eigenvalue weighted by molar-refractivity contribution is 5.81. The molecule has 0 aromatic heterocycles. The summed E-state index contributed by atoms with van der Waals surface area (Å²) in [5.41, 5.74) is 5.41. The van der Waals surface area contributed by atoms with Crippen LogP contribution in [-0.4, -0.2) is 24.6 Å². The number of ether oxygens (including phenoxy) is 1. The van der Waals surface area contributed by atoms with Gasteiger partial charge in [0, 0.05) is 6.07 Å². The molecule has 1 aromatic rings. The fraction of sp³-hybridized carbons (Fsp3) is 0.417. The number of carbonyl (C=O) groups is 1. The molecule has 1 rings (SSSR count). The summed E-state index contributed by atoms with van der Waals surface area (Å²) in [6, 6.07) is 5.12. The third kappa shape index (κ3) is 4.82. The van der Waals surface area contributed by atoms with Gasteiger partial charge in [0.05, 0.1) is 12.1 Å². The monoisotopic (exact) mass is 240 g/mol. The molecule has 0 radical (unpaired) electrons. The number of benzene rings is 1. The Morgan fingerprint density at radius 2 is 2.24 bits per heavy atom. The summed E-state index contributed by atoms with van der Waals surface area (Å²) < 4.78 is 18.2. The molecule has 5 heteroatoms. The van der Waals surface area contributed by atoms with Crippen molar-refractivity contribution in [3.05, 3.63) is 30.1 Å². The van der Waals surface area contributed by atoms with Crippen LogP contribution in [0.5, 0.6) is 5.75 Å². The second-order valence-electron chi connectivity index (χ2n) is 3.97. The molecule has 0 aliphatic heterocycles. The minimum absolute atomic E-state index is 0.184. The van der Waals surface area contributed by atoms with Crippen molar-refractivity contribution in [2.45, 2.75) is 25.9 Å². The molecule has 0 heterocycles. The molecule has 4 nitrogen and oxygen atoms in total. The van der Waals surface area contributed by atoms with E-state index in [9.17, 15) is 9.18 Å². The molecule has 1 amide bonds. The van der Waals surface area contributed by atoms with Gasteiger partial charge in [-0.3, -0.25) is 4.79 Å². The summed E-state index contributed by atoms with van der Waals surface area (Å²) in [6.45, 7) is 3.66. The van der Waals surface area contributed by atoms with Gasteiger partial charge in [0.25, 0.3) is 0 Å². The SMILES string of the molecule is CC(COc1cccc(F)c1)NC(=O)[C@@H](C)N. The van der Waals surface area contributed by atoms with E-state index in [1.165, 1.54) is 12.1 Å². The molecular weight excluding hydrogens is 223 g/mol. The Bertz CT molecular complexity index is 383. The van der Waals surface area contributed by atoms with Crippen LogP contribution in [0.2, 0.25) is 0 Å². The van der Waals surface area contributed by atoms with Gasteiger partial charge in [0.15, 0.2) is 0 Å². The third-order valence-corrected chi connectivity index (χ3v) is 2.10. The van der Waals surface area contributed by atoms with Gasteiger partial charge in [-0.05, 0) is 26.0 Å². The largest absolute Gasteiger partial charge is 0.491 e. The molecule has 17 heavy (non-hydrogen) atoms. The Morgan fingerprint density at radius 1 is 1.53 bits per heavy atom. The first kappa shape index (κ1) is 13.4. The Balaban J connectivity index is 2.38. The van der Waals surface area contributed by atoms with E-state index < -0.39 is 6.04 Å². The highest BCUT2D eigenvalue weighted by Gasteiger charge is 2.11. The number of halogens is 1. The first-order chi connectivity index (χ1) is 7.99. The zero-order chi connectivity index (χ0) is 12.8. The minimum Gasteiger partial charge on any atom is -0.491 e. The molecule has 3 N–H and O–H groups in total. The van der Waals surface area contributed by atoms with Crippen LogP contribution in [0.25, 0.3) is 0 Å².